The lowest BCUT2D eigenvalue weighted by Gasteiger charge is -2.05. The molecular weight excluding hydrogens is 248 g/mol. The van der Waals surface area contributed by atoms with E-state index in [4.69, 9.17) is 0 Å². The lowest BCUT2D eigenvalue weighted by Crippen LogP contribution is -2.27. The highest BCUT2D eigenvalue weighted by Gasteiger charge is 2.14. The molecule has 0 aliphatic rings. The number of fused-ring (bicyclic) bond motifs is 2. The highest BCUT2D eigenvalue weighted by molar-refractivity contribution is 5.85. The van der Waals surface area contributed by atoms with Crippen molar-refractivity contribution in [2.24, 2.45) is 7.05 Å². The zero-order valence-electron chi connectivity index (χ0n) is 11.5. The fourth-order valence-corrected chi connectivity index (χ4v) is 2.70. The number of hydrogen-bond donors (Lipinski definition) is 1. The molecule has 0 aliphatic carbocycles. The van der Waals surface area contributed by atoms with Crippen molar-refractivity contribution in [3.05, 3.63) is 54.6 Å². The molecule has 20 heavy (non-hydrogen) atoms. The Kier molecular flexibility index (Phi) is 2.21. The quantitative estimate of drug-likeness (QED) is 0.527. The predicted octanol–water partition coefficient (Wildman–Crippen LogP) is 2.62. The number of hydrogen-bond acceptors (Lipinski definition) is 1. The van der Waals surface area contributed by atoms with Crippen LogP contribution in [0, 0.1) is 6.92 Å². The van der Waals surface area contributed by atoms with E-state index in [1.54, 1.807) is 0 Å². The molecule has 98 valence electrons. The molecule has 1 N–H and O–H groups in total. The van der Waals surface area contributed by atoms with E-state index in [1.165, 1.54) is 11.1 Å². The standard InChI is InChI=1S/C16H14N4/c1-11-8-14-12(10-20-6-3-4-15(20)18-14)9-13(11)16-17-5-7-19(16)2/h3-10H,1-2H3/p+1. The number of aromatic nitrogens is 4. The number of nitrogens with one attached hydrogen (secondary N) is 1. The van der Waals surface area contributed by atoms with Crippen LogP contribution in [-0.4, -0.2) is 14.4 Å². The minimum Gasteiger partial charge on any atom is -0.308 e. The summed E-state index contributed by atoms with van der Waals surface area (Å²) in [6, 6.07) is 8.38. The molecule has 4 heteroatoms. The highest BCUT2D eigenvalue weighted by Crippen LogP contribution is 2.25. The van der Waals surface area contributed by atoms with Gasteiger partial charge in [-0.2, -0.15) is 0 Å². The highest BCUT2D eigenvalue weighted by atomic mass is 15.0. The zero-order valence-corrected chi connectivity index (χ0v) is 11.5. The Morgan fingerprint density at radius 3 is 3.00 bits per heavy atom. The van der Waals surface area contributed by atoms with Gasteiger partial charge in [0.15, 0.2) is 0 Å². The number of aryl methyl sites for hydroxylation is 2. The number of H-pyrrole nitrogens is 1. The van der Waals surface area contributed by atoms with E-state index in [1.807, 2.05) is 37.8 Å². The summed E-state index contributed by atoms with van der Waals surface area (Å²) in [5.41, 5.74) is 4.44. The Hall–Kier alpha value is -2.62. The van der Waals surface area contributed by atoms with Crippen molar-refractivity contribution < 1.29 is 4.57 Å². The molecule has 4 nitrogen and oxygen atoms in total. The van der Waals surface area contributed by atoms with Crippen molar-refractivity contribution in [1.29, 1.82) is 0 Å². The first-order valence-electron chi connectivity index (χ1n) is 6.64. The SMILES string of the molecule is Cc1cc2nc3cccn3cc2cc1-c1[nH]cc[n+]1C. The van der Waals surface area contributed by atoms with Gasteiger partial charge < -0.3 is 4.40 Å². The van der Waals surface area contributed by atoms with E-state index in [9.17, 15) is 0 Å². The fourth-order valence-electron chi connectivity index (χ4n) is 2.70. The first-order valence-corrected chi connectivity index (χ1v) is 6.64. The van der Waals surface area contributed by atoms with E-state index < -0.39 is 0 Å². The molecule has 3 aromatic heterocycles. The summed E-state index contributed by atoms with van der Waals surface area (Å²) in [4.78, 5) is 7.98. The van der Waals surface area contributed by atoms with Crippen LogP contribution in [0.15, 0.2) is 49.1 Å². The third-order valence-electron chi connectivity index (χ3n) is 3.77. The molecule has 0 radical (unpaired) electrons. The second-order valence-corrected chi connectivity index (χ2v) is 5.16. The van der Waals surface area contributed by atoms with Crippen molar-refractivity contribution in [1.82, 2.24) is 14.4 Å². The summed E-state index contributed by atoms with van der Waals surface area (Å²) in [5, 5.41) is 1.14. The van der Waals surface area contributed by atoms with Crippen LogP contribution in [0.1, 0.15) is 5.56 Å². The van der Waals surface area contributed by atoms with Crippen LogP contribution in [0.25, 0.3) is 27.9 Å². The van der Waals surface area contributed by atoms with Gasteiger partial charge in [-0.1, -0.05) is 0 Å². The third-order valence-corrected chi connectivity index (χ3v) is 3.77. The van der Waals surface area contributed by atoms with Crippen LogP contribution in [-0.2, 0) is 7.05 Å². The van der Waals surface area contributed by atoms with Crippen LogP contribution in [0.4, 0.5) is 0 Å². The Morgan fingerprint density at radius 1 is 1.30 bits per heavy atom. The molecule has 0 fully saturated rings. The smallest absolute Gasteiger partial charge is 0.286 e. The summed E-state index contributed by atoms with van der Waals surface area (Å²) < 4.78 is 4.14. The molecule has 4 rings (SSSR count). The maximum absolute atomic E-state index is 4.69. The Balaban J connectivity index is 2.05. The zero-order chi connectivity index (χ0) is 13.7. The summed E-state index contributed by atoms with van der Waals surface area (Å²) in [7, 11) is 2.04. The molecule has 0 saturated carbocycles. The van der Waals surface area contributed by atoms with Crippen LogP contribution in [0.3, 0.4) is 0 Å². The van der Waals surface area contributed by atoms with Gasteiger partial charge >= 0.3 is 0 Å². The fraction of sp³-hybridized carbons (Fsp3) is 0.125. The molecule has 4 aromatic rings. The molecule has 0 atom stereocenters. The summed E-state index contributed by atoms with van der Waals surface area (Å²) in [6.07, 6.45) is 8.12. The van der Waals surface area contributed by atoms with Crippen LogP contribution in [0.5, 0.6) is 0 Å². The maximum atomic E-state index is 4.69. The van der Waals surface area contributed by atoms with Crippen LogP contribution < -0.4 is 4.57 Å². The molecule has 1 aromatic carbocycles. The van der Waals surface area contributed by atoms with Crippen molar-refractivity contribution in [2.75, 3.05) is 0 Å². The number of benzene rings is 1. The van der Waals surface area contributed by atoms with E-state index >= 15 is 0 Å². The molecule has 0 bridgehead atoms. The molecule has 3 heterocycles. The minimum atomic E-state index is 0.982. The molecule has 0 aliphatic heterocycles. The van der Waals surface area contributed by atoms with Gasteiger partial charge in [0.1, 0.15) is 18.0 Å². The summed E-state index contributed by atoms with van der Waals surface area (Å²) in [6.45, 7) is 2.12. The van der Waals surface area contributed by atoms with Gasteiger partial charge in [-0.3, -0.25) is 0 Å². The van der Waals surface area contributed by atoms with E-state index in [0.717, 1.165) is 22.4 Å². The summed E-state index contributed by atoms with van der Waals surface area (Å²) in [5.74, 6) is 1.11. The average Bonchev–Trinajstić information content (AvgIpc) is 3.04. The van der Waals surface area contributed by atoms with E-state index in [-0.39, 0.29) is 0 Å². The second-order valence-electron chi connectivity index (χ2n) is 5.16. The molecule has 0 spiro atoms. The van der Waals surface area contributed by atoms with Gasteiger partial charge in [0.25, 0.3) is 5.82 Å². The number of aromatic amines is 1. The first kappa shape index (κ1) is 11.2. The summed E-state index contributed by atoms with van der Waals surface area (Å²) >= 11 is 0. The van der Waals surface area contributed by atoms with Crippen molar-refractivity contribution in [3.63, 3.8) is 0 Å². The Labute approximate surface area is 116 Å². The molecule has 0 amide bonds. The van der Waals surface area contributed by atoms with Gasteiger partial charge in [-0.15, -0.1) is 0 Å². The molecule has 0 unspecified atom stereocenters. The van der Waals surface area contributed by atoms with Gasteiger partial charge in [0.2, 0.25) is 0 Å². The van der Waals surface area contributed by atoms with E-state index in [0.29, 0.717) is 0 Å². The first-order chi connectivity index (χ1) is 9.72. The normalized spacial score (nSPS) is 11.5. The molecular formula is C16H15N4+. The van der Waals surface area contributed by atoms with Crippen LogP contribution >= 0.6 is 0 Å². The molecule has 0 saturated heterocycles. The van der Waals surface area contributed by atoms with Gasteiger partial charge in [0.05, 0.1) is 18.1 Å². The largest absolute Gasteiger partial charge is 0.308 e. The number of imidazole rings is 1. The van der Waals surface area contributed by atoms with Gasteiger partial charge in [-0.05, 0) is 36.8 Å². The lowest BCUT2D eigenvalue weighted by molar-refractivity contribution is -0.658. The topological polar surface area (TPSA) is 37.0 Å². The van der Waals surface area contributed by atoms with Gasteiger partial charge in [0, 0.05) is 17.8 Å². The van der Waals surface area contributed by atoms with E-state index in [2.05, 4.69) is 44.2 Å². The Morgan fingerprint density at radius 2 is 2.20 bits per heavy atom. The minimum absolute atomic E-state index is 0.982. The number of rotatable bonds is 1. The van der Waals surface area contributed by atoms with Crippen LogP contribution in [0.2, 0.25) is 0 Å². The van der Waals surface area contributed by atoms with Crippen molar-refractivity contribution >= 4 is 16.6 Å². The van der Waals surface area contributed by atoms with Gasteiger partial charge in [-0.25, -0.2) is 14.5 Å². The lowest BCUT2D eigenvalue weighted by atomic mass is 10.1. The number of nitrogens with zero attached hydrogens (tertiary/aromatic N) is 3. The second kappa shape index (κ2) is 3.93. The monoisotopic (exact) mass is 263 g/mol. The van der Waals surface area contributed by atoms with Crippen molar-refractivity contribution in [2.45, 2.75) is 6.92 Å². The Bertz CT molecular complexity index is 930. The van der Waals surface area contributed by atoms with Crippen molar-refractivity contribution in [3.8, 4) is 11.4 Å². The average molecular weight is 263 g/mol. The third kappa shape index (κ3) is 1.54. The predicted molar refractivity (Wildman–Crippen MR) is 78.4 cm³/mol. The maximum Gasteiger partial charge on any atom is 0.286 e.